The molecular formula is C23H18N4O3. The molecule has 148 valence electrons. The average molecular weight is 398 g/mol. The monoisotopic (exact) mass is 398 g/mol. The summed E-state index contributed by atoms with van der Waals surface area (Å²) in [6.45, 7) is -0.0486. The Morgan fingerprint density at radius 2 is 1.33 bits per heavy atom. The predicted molar refractivity (Wildman–Crippen MR) is 113 cm³/mol. The van der Waals surface area contributed by atoms with Gasteiger partial charge in [-0.2, -0.15) is 0 Å². The molecule has 3 aromatic carbocycles. The molecule has 7 heteroatoms. The Morgan fingerprint density at radius 1 is 0.767 bits per heavy atom. The van der Waals surface area contributed by atoms with E-state index in [2.05, 4.69) is 20.3 Å². The van der Waals surface area contributed by atoms with Crippen molar-refractivity contribution in [1.82, 2.24) is 15.0 Å². The van der Waals surface area contributed by atoms with Crippen LogP contribution in [0.1, 0.15) is 5.56 Å². The van der Waals surface area contributed by atoms with Gasteiger partial charge in [0.1, 0.15) is 5.75 Å². The largest absolute Gasteiger partial charge is 0.507 e. The van der Waals surface area contributed by atoms with Crippen molar-refractivity contribution in [2.45, 2.75) is 6.61 Å². The van der Waals surface area contributed by atoms with Crippen molar-refractivity contribution in [3.05, 3.63) is 78.4 Å². The van der Waals surface area contributed by atoms with Gasteiger partial charge in [-0.25, -0.2) is 15.0 Å². The topological polar surface area (TPSA) is 108 Å². The summed E-state index contributed by atoms with van der Waals surface area (Å²) in [5.41, 5.74) is 3.43. The lowest BCUT2D eigenvalue weighted by molar-refractivity contribution is -0.105. The van der Waals surface area contributed by atoms with Crippen molar-refractivity contribution in [2.24, 2.45) is 0 Å². The minimum atomic E-state index is -0.0486. The summed E-state index contributed by atoms with van der Waals surface area (Å²) in [6, 6.07) is 21.2. The molecule has 0 bridgehead atoms. The van der Waals surface area contributed by atoms with Gasteiger partial charge in [-0.3, -0.25) is 4.79 Å². The van der Waals surface area contributed by atoms with Crippen molar-refractivity contribution < 1.29 is 15.0 Å². The SMILES string of the molecule is O=CNc1ccc(-c2nc(-c3ccc(CO)cc3)nc(-c3ccccc3O)n2)cc1. The molecule has 0 unspecified atom stereocenters. The number of nitrogens with one attached hydrogen (secondary N) is 1. The maximum absolute atomic E-state index is 10.6. The van der Waals surface area contributed by atoms with E-state index in [0.717, 1.165) is 16.7 Å². The van der Waals surface area contributed by atoms with Crippen molar-refractivity contribution in [1.29, 1.82) is 0 Å². The number of carbonyl (C=O) groups excluding carboxylic acids is 1. The fourth-order valence-electron chi connectivity index (χ4n) is 2.96. The molecule has 7 nitrogen and oxygen atoms in total. The first-order chi connectivity index (χ1) is 14.7. The normalized spacial score (nSPS) is 10.6. The van der Waals surface area contributed by atoms with Crippen LogP contribution in [0.3, 0.4) is 0 Å². The number of aromatic nitrogens is 3. The number of benzene rings is 3. The molecule has 0 aliphatic carbocycles. The van der Waals surface area contributed by atoms with Crippen LogP contribution in [0.15, 0.2) is 72.8 Å². The minimum absolute atomic E-state index is 0.0486. The number of hydrogen-bond donors (Lipinski definition) is 3. The second-order valence-electron chi connectivity index (χ2n) is 6.52. The van der Waals surface area contributed by atoms with Gasteiger partial charge < -0.3 is 15.5 Å². The second-order valence-corrected chi connectivity index (χ2v) is 6.52. The van der Waals surface area contributed by atoms with E-state index >= 15 is 0 Å². The summed E-state index contributed by atoms with van der Waals surface area (Å²) in [6.07, 6.45) is 0.613. The molecule has 1 aromatic heterocycles. The van der Waals surface area contributed by atoms with Crippen LogP contribution in [0.4, 0.5) is 5.69 Å². The number of amides is 1. The third-order valence-electron chi connectivity index (χ3n) is 4.54. The van der Waals surface area contributed by atoms with Gasteiger partial charge in [0.25, 0.3) is 0 Å². The van der Waals surface area contributed by atoms with Gasteiger partial charge in [0.2, 0.25) is 6.41 Å². The molecule has 4 aromatic rings. The summed E-state index contributed by atoms with van der Waals surface area (Å²) in [7, 11) is 0. The van der Waals surface area contributed by atoms with E-state index in [0.29, 0.717) is 35.1 Å². The first-order valence-corrected chi connectivity index (χ1v) is 9.23. The molecule has 30 heavy (non-hydrogen) atoms. The summed E-state index contributed by atoms with van der Waals surface area (Å²) < 4.78 is 0. The van der Waals surface area contributed by atoms with Crippen molar-refractivity contribution in [3.8, 4) is 39.9 Å². The Kier molecular flexibility index (Phi) is 5.45. The number of phenolic OH excluding ortho intramolecular Hbond substituents is 1. The fraction of sp³-hybridized carbons (Fsp3) is 0.0435. The molecule has 1 heterocycles. The Balaban J connectivity index is 1.85. The lowest BCUT2D eigenvalue weighted by Crippen LogP contribution is -2.01. The first-order valence-electron chi connectivity index (χ1n) is 9.23. The highest BCUT2D eigenvalue weighted by Gasteiger charge is 2.14. The molecule has 3 N–H and O–H groups in total. The fourth-order valence-corrected chi connectivity index (χ4v) is 2.96. The number of nitrogens with zero attached hydrogens (tertiary/aromatic N) is 3. The van der Waals surface area contributed by atoms with Gasteiger partial charge in [-0.1, -0.05) is 36.4 Å². The van der Waals surface area contributed by atoms with Crippen LogP contribution < -0.4 is 5.32 Å². The molecule has 0 saturated carbocycles. The van der Waals surface area contributed by atoms with Gasteiger partial charge in [0.15, 0.2) is 17.5 Å². The highest BCUT2D eigenvalue weighted by molar-refractivity contribution is 5.74. The number of aliphatic hydroxyl groups excluding tert-OH is 1. The molecule has 0 spiro atoms. The smallest absolute Gasteiger partial charge is 0.211 e. The average Bonchev–Trinajstić information content (AvgIpc) is 2.80. The number of anilines is 1. The van der Waals surface area contributed by atoms with Crippen LogP contribution in [0.5, 0.6) is 5.75 Å². The molecule has 0 atom stereocenters. The maximum atomic E-state index is 10.6. The van der Waals surface area contributed by atoms with Gasteiger partial charge in [-0.05, 0) is 42.0 Å². The standard InChI is InChI=1S/C23H18N4O3/c28-13-15-5-7-16(8-6-15)21-25-22(17-9-11-18(12-10-17)24-14-29)27-23(26-21)19-3-1-2-4-20(19)30/h1-12,14,28,30H,13H2,(H,24,29). The first kappa shape index (κ1) is 19.2. The van der Waals surface area contributed by atoms with E-state index in [-0.39, 0.29) is 12.4 Å². The van der Waals surface area contributed by atoms with Crippen molar-refractivity contribution >= 4 is 12.1 Å². The van der Waals surface area contributed by atoms with E-state index in [1.54, 1.807) is 60.7 Å². The summed E-state index contributed by atoms with van der Waals surface area (Å²) in [5.74, 6) is 1.29. The summed E-state index contributed by atoms with van der Waals surface area (Å²) in [5, 5.41) is 22.2. The number of para-hydroxylation sites is 1. The predicted octanol–water partition coefficient (Wildman–Crippen LogP) is 3.64. The Morgan fingerprint density at radius 3 is 1.90 bits per heavy atom. The Labute approximate surface area is 172 Å². The number of rotatable bonds is 6. The number of carbonyl (C=O) groups is 1. The van der Waals surface area contributed by atoms with Crippen LogP contribution >= 0.6 is 0 Å². The molecule has 4 rings (SSSR count). The zero-order valence-corrected chi connectivity index (χ0v) is 15.9. The third kappa shape index (κ3) is 4.01. The number of hydrogen-bond acceptors (Lipinski definition) is 6. The third-order valence-corrected chi connectivity index (χ3v) is 4.54. The number of aliphatic hydroxyl groups is 1. The summed E-state index contributed by atoms with van der Waals surface area (Å²) >= 11 is 0. The molecule has 1 amide bonds. The van der Waals surface area contributed by atoms with Gasteiger partial charge in [-0.15, -0.1) is 0 Å². The number of aromatic hydroxyl groups is 1. The van der Waals surface area contributed by atoms with E-state index < -0.39 is 0 Å². The van der Waals surface area contributed by atoms with Gasteiger partial charge >= 0.3 is 0 Å². The minimum Gasteiger partial charge on any atom is -0.507 e. The van der Waals surface area contributed by atoms with Crippen molar-refractivity contribution in [2.75, 3.05) is 5.32 Å². The quantitative estimate of drug-likeness (QED) is 0.428. The molecule has 0 fully saturated rings. The van der Waals surface area contributed by atoms with E-state index in [1.807, 2.05) is 12.1 Å². The molecule has 0 radical (unpaired) electrons. The maximum Gasteiger partial charge on any atom is 0.211 e. The molecule has 0 saturated heterocycles. The zero-order valence-electron chi connectivity index (χ0n) is 15.9. The Bertz CT molecular complexity index is 1180. The van der Waals surface area contributed by atoms with Crippen LogP contribution in [-0.2, 0) is 11.4 Å². The lowest BCUT2D eigenvalue weighted by Gasteiger charge is -2.10. The van der Waals surface area contributed by atoms with Crippen LogP contribution in [0.25, 0.3) is 34.2 Å². The highest BCUT2D eigenvalue weighted by atomic mass is 16.3. The molecule has 0 aliphatic rings. The Hall–Kier alpha value is -4.10. The lowest BCUT2D eigenvalue weighted by atomic mass is 10.1. The number of phenols is 1. The van der Waals surface area contributed by atoms with Gasteiger partial charge in [0.05, 0.1) is 12.2 Å². The van der Waals surface area contributed by atoms with Crippen LogP contribution in [0, 0.1) is 0 Å². The summed E-state index contributed by atoms with van der Waals surface area (Å²) in [4.78, 5) is 24.3. The van der Waals surface area contributed by atoms with E-state index in [9.17, 15) is 15.0 Å². The van der Waals surface area contributed by atoms with Crippen LogP contribution in [-0.4, -0.2) is 31.6 Å². The van der Waals surface area contributed by atoms with Gasteiger partial charge in [0, 0.05) is 16.8 Å². The zero-order chi connectivity index (χ0) is 20.9. The molecule has 0 aliphatic heterocycles. The highest BCUT2D eigenvalue weighted by Crippen LogP contribution is 2.29. The molecular weight excluding hydrogens is 380 g/mol. The van der Waals surface area contributed by atoms with E-state index in [4.69, 9.17) is 0 Å². The van der Waals surface area contributed by atoms with E-state index in [1.165, 1.54) is 0 Å². The van der Waals surface area contributed by atoms with Crippen molar-refractivity contribution in [3.63, 3.8) is 0 Å². The second kappa shape index (κ2) is 8.50. The van der Waals surface area contributed by atoms with Crippen LogP contribution in [0.2, 0.25) is 0 Å².